The van der Waals surface area contributed by atoms with Crippen LogP contribution in [0, 0.1) is 5.92 Å². The van der Waals surface area contributed by atoms with Crippen molar-refractivity contribution in [3.8, 4) is 22.8 Å². The number of methoxy groups -OCH3 is 2. The minimum Gasteiger partial charge on any atom is -0.493 e. The highest BCUT2D eigenvalue weighted by Crippen LogP contribution is 2.43. The third-order valence-electron chi connectivity index (χ3n) is 7.17. The van der Waals surface area contributed by atoms with Gasteiger partial charge in [0.25, 0.3) is 5.56 Å². The third kappa shape index (κ3) is 3.91. The zero-order valence-electron chi connectivity index (χ0n) is 21.2. The van der Waals surface area contributed by atoms with Crippen molar-refractivity contribution in [2.24, 2.45) is 5.92 Å². The molecule has 0 aliphatic heterocycles. The van der Waals surface area contributed by atoms with Crippen molar-refractivity contribution < 1.29 is 18.7 Å². The number of pyridine rings is 1. The van der Waals surface area contributed by atoms with Crippen LogP contribution in [0.4, 0.5) is 0 Å². The van der Waals surface area contributed by atoms with E-state index in [2.05, 4.69) is 13.8 Å². The summed E-state index contributed by atoms with van der Waals surface area (Å²) in [4.78, 5) is 27.7. The van der Waals surface area contributed by atoms with Crippen molar-refractivity contribution >= 4 is 16.6 Å². The van der Waals surface area contributed by atoms with Crippen LogP contribution in [0.5, 0.6) is 11.5 Å². The van der Waals surface area contributed by atoms with Crippen LogP contribution in [0.15, 0.2) is 64.0 Å². The number of furan rings is 1. The molecule has 0 fully saturated rings. The average Bonchev–Trinajstić information content (AvgIpc) is 3.52. The van der Waals surface area contributed by atoms with E-state index in [-0.39, 0.29) is 17.3 Å². The van der Waals surface area contributed by atoms with E-state index in [0.29, 0.717) is 58.0 Å². The van der Waals surface area contributed by atoms with E-state index in [1.165, 1.54) is 7.11 Å². The summed E-state index contributed by atoms with van der Waals surface area (Å²) in [5.74, 6) is 2.40. The fraction of sp³-hybridized carbons (Fsp3) is 0.333. The molecule has 0 unspecified atom stereocenters. The van der Waals surface area contributed by atoms with Crippen molar-refractivity contribution in [2.45, 2.75) is 45.6 Å². The van der Waals surface area contributed by atoms with Gasteiger partial charge < -0.3 is 18.5 Å². The van der Waals surface area contributed by atoms with Gasteiger partial charge in [-0.3, -0.25) is 9.59 Å². The molecular formula is C30H31NO5. The second-order valence-corrected chi connectivity index (χ2v) is 9.75. The number of carbonyl (C=O) groups is 1. The first-order chi connectivity index (χ1) is 17.5. The van der Waals surface area contributed by atoms with Crippen molar-refractivity contribution in [2.75, 3.05) is 14.2 Å². The SMILES string of the molecule is COc1ccc2c3c(n(CC[C@H](CCC(C)C)c4ccco4)c(=O)c2c1OC)-c1ccccc1C3=O. The summed E-state index contributed by atoms with van der Waals surface area (Å²) in [5, 5.41) is 0.959. The van der Waals surface area contributed by atoms with Gasteiger partial charge >= 0.3 is 0 Å². The summed E-state index contributed by atoms with van der Waals surface area (Å²) in [6.45, 7) is 4.87. The van der Waals surface area contributed by atoms with E-state index in [4.69, 9.17) is 13.9 Å². The Balaban J connectivity index is 1.70. The minimum absolute atomic E-state index is 0.0750. The lowest BCUT2D eigenvalue weighted by atomic mass is 9.92. The van der Waals surface area contributed by atoms with Gasteiger partial charge in [0.05, 0.1) is 37.1 Å². The summed E-state index contributed by atoms with van der Waals surface area (Å²) in [5.41, 5.74) is 2.45. The molecule has 1 atom stereocenters. The van der Waals surface area contributed by atoms with Gasteiger partial charge in [0.2, 0.25) is 0 Å². The van der Waals surface area contributed by atoms with E-state index < -0.39 is 0 Å². The van der Waals surface area contributed by atoms with Crippen LogP contribution in [0.1, 0.15) is 60.7 Å². The van der Waals surface area contributed by atoms with Crippen molar-refractivity contribution in [3.63, 3.8) is 0 Å². The van der Waals surface area contributed by atoms with Gasteiger partial charge in [-0.05, 0) is 43.0 Å². The molecule has 0 saturated carbocycles. The van der Waals surface area contributed by atoms with Crippen molar-refractivity contribution in [3.05, 3.63) is 82.0 Å². The monoisotopic (exact) mass is 485 g/mol. The van der Waals surface area contributed by atoms with Gasteiger partial charge in [0, 0.05) is 29.0 Å². The molecule has 5 rings (SSSR count). The molecule has 2 aromatic carbocycles. The third-order valence-corrected chi connectivity index (χ3v) is 7.17. The molecule has 4 aromatic rings. The molecule has 1 aliphatic rings. The lowest BCUT2D eigenvalue weighted by Gasteiger charge is -2.20. The average molecular weight is 486 g/mol. The van der Waals surface area contributed by atoms with Crippen LogP contribution < -0.4 is 15.0 Å². The molecule has 0 amide bonds. The standard InChI is InChI=1S/C30H31NO5/c1-18(2)11-12-19(23-10-7-17-36-23)15-16-31-27-20-8-5-6-9-21(20)28(32)25(27)22-13-14-24(34-3)29(35-4)26(22)30(31)33/h5-10,13-14,17-19H,11-12,15-16H2,1-4H3/t19-/m0/s1. The van der Waals surface area contributed by atoms with Crippen LogP contribution in [-0.2, 0) is 6.54 Å². The summed E-state index contributed by atoms with van der Waals surface area (Å²) in [7, 11) is 3.06. The Kier molecular flexibility index (Phi) is 6.44. The molecule has 1 aliphatic carbocycles. The first-order valence-corrected chi connectivity index (χ1v) is 12.4. The van der Waals surface area contributed by atoms with E-state index in [1.807, 2.05) is 36.4 Å². The fourth-order valence-corrected chi connectivity index (χ4v) is 5.36. The van der Waals surface area contributed by atoms with E-state index in [1.54, 1.807) is 30.1 Å². The van der Waals surface area contributed by atoms with Crippen LogP contribution in [0.25, 0.3) is 22.0 Å². The molecule has 186 valence electrons. The number of aromatic nitrogens is 1. The second-order valence-electron chi connectivity index (χ2n) is 9.75. The highest BCUT2D eigenvalue weighted by molar-refractivity contribution is 6.27. The van der Waals surface area contributed by atoms with Gasteiger partial charge in [-0.1, -0.05) is 44.5 Å². The Bertz CT molecular complexity index is 1480. The Morgan fingerprint density at radius 2 is 1.67 bits per heavy atom. The zero-order chi connectivity index (χ0) is 25.4. The number of hydrogen-bond donors (Lipinski definition) is 0. The first kappa shape index (κ1) is 23.9. The van der Waals surface area contributed by atoms with E-state index in [9.17, 15) is 9.59 Å². The maximum absolute atomic E-state index is 14.1. The van der Waals surface area contributed by atoms with Crippen LogP contribution >= 0.6 is 0 Å². The van der Waals surface area contributed by atoms with E-state index >= 15 is 0 Å². The first-order valence-electron chi connectivity index (χ1n) is 12.4. The van der Waals surface area contributed by atoms with Gasteiger partial charge in [-0.25, -0.2) is 0 Å². The zero-order valence-corrected chi connectivity index (χ0v) is 21.2. The maximum atomic E-state index is 14.1. The molecule has 2 heterocycles. The molecule has 0 saturated heterocycles. The van der Waals surface area contributed by atoms with Gasteiger partial charge in [-0.15, -0.1) is 0 Å². The Morgan fingerprint density at radius 1 is 0.889 bits per heavy atom. The number of nitrogens with zero attached hydrogens (tertiary/aromatic N) is 1. The summed E-state index contributed by atoms with van der Waals surface area (Å²) in [6.07, 6.45) is 4.43. The number of hydrogen-bond acceptors (Lipinski definition) is 5. The molecule has 0 spiro atoms. The second kappa shape index (κ2) is 9.69. The van der Waals surface area contributed by atoms with Gasteiger partial charge in [0.15, 0.2) is 17.3 Å². The molecule has 2 aromatic heterocycles. The topological polar surface area (TPSA) is 70.7 Å². The summed E-state index contributed by atoms with van der Waals surface area (Å²) < 4.78 is 18.7. The number of ketones is 1. The van der Waals surface area contributed by atoms with Crippen molar-refractivity contribution in [1.29, 1.82) is 0 Å². The number of carbonyl (C=O) groups excluding carboxylic acids is 1. The Hall–Kier alpha value is -3.80. The number of fused-ring (bicyclic) bond motifs is 5. The van der Waals surface area contributed by atoms with Crippen LogP contribution in [0.3, 0.4) is 0 Å². The highest BCUT2D eigenvalue weighted by Gasteiger charge is 2.34. The van der Waals surface area contributed by atoms with Crippen LogP contribution in [-0.4, -0.2) is 24.6 Å². The van der Waals surface area contributed by atoms with Gasteiger partial charge in [-0.2, -0.15) is 0 Å². The summed E-state index contributed by atoms with van der Waals surface area (Å²) in [6, 6.07) is 15.0. The number of benzene rings is 2. The molecule has 36 heavy (non-hydrogen) atoms. The van der Waals surface area contributed by atoms with Gasteiger partial charge in [0.1, 0.15) is 5.76 Å². The molecule has 0 radical (unpaired) electrons. The highest BCUT2D eigenvalue weighted by atomic mass is 16.5. The Labute approximate surface area is 210 Å². The normalized spacial score (nSPS) is 13.2. The predicted octanol–water partition coefficient (Wildman–Crippen LogP) is 6.43. The largest absolute Gasteiger partial charge is 0.493 e. The number of ether oxygens (including phenoxy) is 2. The predicted molar refractivity (Wildman–Crippen MR) is 140 cm³/mol. The lowest BCUT2D eigenvalue weighted by molar-refractivity contribution is 0.104. The Morgan fingerprint density at radius 3 is 2.33 bits per heavy atom. The molecule has 6 heteroatoms. The quantitative estimate of drug-likeness (QED) is 0.240. The maximum Gasteiger partial charge on any atom is 0.262 e. The molecule has 0 bridgehead atoms. The van der Waals surface area contributed by atoms with Crippen LogP contribution in [0.2, 0.25) is 0 Å². The fourth-order valence-electron chi connectivity index (χ4n) is 5.36. The smallest absolute Gasteiger partial charge is 0.262 e. The molecule has 0 N–H and O–H groups in total. The molecular weight excluding hydrogens is 454 g/mol. The summed E-state index contributed by atoms with van der Waals surface area (Å²) >= 11 is 0. The van der Waals surface area contributed by atoms with E-state index in [0.717, 1.165) is 24.2 Å². The molecule has 6 nitrogen and oxygen atoms in total. The number of rotatable bonds is 9. The minimum atomic E-state index is -0.189. The lowest BCUT2D eigenvalue weighted by Crippen LogP contribution is -2.25. The van der Waals surface area contributed by atoms with Crippen molar-refractivity contribution in [1.82, 2.24) is 4.57 Å².